The van der Waals surface area contributed by atoms with E-state index in [1.807, 2.05) is 0 Å². The van der Waals surface area contributed by atoms with Crippen molar-refractivity contribution >= 4 is 33.4 Å². The molecule has 0 spiro atoms. The highest BCUT2D eigenvalue weighted by molar-refractivity contribution is 9.10. The lowest BCUT2D eigenvalue weighted by atomic mass is 9.99. The molecule has 5 heteroatoms. The number of carbonyl (C=O) groups is 1. The minimum absolute atomic E-state index is 0.182. The number of rotatable bonds is 1. The first kappa shape index (κ1) is 13.8. The molecule has 1 atom stereocenters. The van der Waals surface area contributed by atoms with Crippen molar-refractivity contribution in [3.8, 4) is 0 Å². The second kappa shape index (κ2) is 5.57. The summed E-state index contributed by atoms with van der Waals surface area (Å²) in [6, 6.07) is 2.63. The first-order valence-electron chi connectivity index (χ1n) is 5.93. The molecule has 1 saturated heterocycles. The highest BCUT2D eigenvalue weighted by Crippen LogP contribution is 2.27. The van der Waals surface area contributed by atoms with Gasteiger partial charge in [-0.3, -0.25) is 4.79 Å². The lowest BCUT2D eigenvalue weighted by Gasteiger charge is -2.31. The summed E-state index contributed by atoms with van der Waals surface area (Å²) in [6.07, 6.45) is 2.12. The number of halogens is 3. The smallest absolute Gasteiger partial charge is 0.255 e. The minimum atomic E-state index is -0.465. The summed E-state index contributed by atoms with van der Waals surface area (Å²) in [5.74, 6) is -0.160. The van der Waals surface area contributed by atoms with Gasteiger partial charge in [0, 0.05) is 13.1 Å². The van der Waals surface area contributed by atoms with Crippen molar-refractivity contribution in [1.29, 1.82) is 0 Å². The molecular weight excluding hydrogens is 321 g/mol. The molecular formula is C13H14BrClFNO. The summed E-state index contributed by atoms with van der Waals surface area (Å²) in [6.45, 7) is 3.55. The van der Waals surface area contributed by atoms with Gasteiger partial charge in [-0.1, -0.05) is 18.5 Å². The minimum Gasteiger partial charge on any atom is -0.338 e. The van der Waals surface area contributed by atoms with E-state index in [9.17, 15) is 9.18 Å². The highest BCUT2D eigenvalue weighted by Gasteiger charge is 2.24. The van der Waals surface area contributed by atoms with Crippen LogP contribution in [0.5, 0.6) is 0 Å². The van der Waals surface area contributed by atoms with Crippen molar-refractivity contribution in [1.82, 2.24) is 4.90 Å². The number of hydrogen-bond donors (Lipinski definition) is 0. The Labute approximate surface area is 119 Å². The van der Waals surface area contributed by atoms with Gasteiger partial charge in [-0.15, -0.1) is 0 Å². The fraction of sp³-hybridized carbons (Fsp3) is 0.462. The summed E-state index contributed by atoms with van der Waals surface area (Å²) in [5, 5.41) is 0.284. The first-order valence-corrected chi connectivity index (χ1v) is 7.10. The molecule has 0 bridgehead atoms. The zero-order valence-electron chi connectivity index (χ0n) is 10.0. The standard InChI is InChI=1S/C13H14BrClFNO/c1-8-3-2-4-17(7-8)13(18)9-5-12(16)10(14)6-11(9)15/h5-6,8H,2-4,7H2,1H3. The third kappa shape index (κ3) is 2.86. The Morgan fingerprint density at radius 1 is 1.56 bits per heavy atom. The Kier molecular flexibility index (Phi) is 4.28. The fourth-order valence-electron chi connectivity index (χ4n) is 2.23. The van der Waals surface area contributed by atoms with Crippen LogP contribution in [-0.2, 0) is 0 Å². The van der Waals surface area contributed by atoms with Gasteiger partial charge < -0.3 is 4.90 Å². The van der Waals surface area contributed by atoms with E-state index in [4.69, 9.17) is 11.6 Å². The van der Waals surface area contributed by atoms with Crippen LogP contribution in [0.2, 0.25) is 5.02 Å². The molecule has 1 amide bonds. The van der Waals surface area contributed by atoms with Gasteiger partial charge in [0.2, 0.25) is 0 Å². The first-order chi connectivity index (χ1) is 8.49. The summed E-state index contributed by atoms with van der Waals surface area (Å²) >= 11 is 9.06. The molecule has 0 radical (unpaired) electrons. The molecule has 0 aromatic heterocycles. The van der Waals surface area contributed by atoms with Gasteiger partial charge in [0.25, 0.3) is 5.91 Å². The van der Waals surface area contributed by atoms with Gasteiger partial charge in [-0.2, -0.15) is 0 Å². The molecule has 0 aliphatic carbocycles. The van der Waals surface area contributed by atoms with Gasteiger partial charge in [-0.05, 0) is 46.8 Å². The van der Waals surface area contributed by atoms with E-state index in [2.05, 4.69) is 22.9 Å². The molecule has 1 aromatic carbocycles. The topological polar surface area (TPSA) is 20.3 Å². The maximum absolute atomic E-state index is 13.5. The van der Waals surface area contributed by atoms with Crippen LogP contribution in [0.1, 0.15) is 30.1 Å². The van der Waals surface area contributed by atoms with Gasteiger partial charge in [0.1, 0.15) is 5.82 Å². The Morgan fingerprint density at radius 2 is 2.28 bits per heavy atom. The Bertz CT molecular complexity index is 480. The molecule has 0 N–H and O–H groups in total. The van der Waals surface area contributed by atoms with E-state index in [-0.39, 0.29) is 21.0 Å². The number of hydrogen-bond acceptors (Lipinski definition) is 1. The molecule has 1 aliphatic heterocycles. The number of carbonyl (C=O) groups excluding carboxylic acids is 1. The second-order valence-electron chi connectivity index (χ2n) is 4.74. The quantitative estimate of drug-likeness (QED) is 0.708. The van der Waals surface area contributed by atoms with Crippen molar-refractivity contribution < 1.29 is 9.18 Å². The van der Waals surface area contributed by atoms with Crippen molar-refractivity contribution in [3.63, 3.8) is 0 Å². The monoisotopic (exact) mass is 333 g/mol. The molecule has 98 valence electrons. The molecule has 1 heterocycles. The molecule has 1 unspecified atom stereocenters. The largest absolute Gasteiger partial charge is 0.338 e. The Balaban J connectivity index is 2.25. The molecule has 18 heavy (non-hydrogen) atoms. The molecule has 1 aliphatic rings. The zero-order valence-corrected chi connectivity index (χ0v) is 12.4. The van der Waals surface area contributed by atoms with Gasteiger partial charge in [0.15, 0.2) is 0 Å². The Hall–Kier alpha value is -0.610. The van der Waals surface area contributed by atoms with Crippen LogP contribution in [0.4, 0.5) is 4.39 Å². The van der Waals surface area contributed by atoms with Gasteiger partial charge >= 0.3 is 0 Å². The van der Waals surface area contributed by atoms with E-state index in [0.29, 0.717) is 12.5 Å². The third-order valence-corrected chi connectivity index (χ3v) is 4.11. The van der Waals surface area contributed by atoms with E-state index >= 15 is 0 Å². The maximum Gasteiger partial charge on any atom is 0.255 e. The summed E-state index contributed by atoms with van der Waals surface area (Å²) in [4.78, 5) is 14.0. The lowest BCUT2D eigenvalue weighted by molar-refractivity contribution is 0.0682. The second-order valence-corrected chi connectivity index (χ2v) is 6.01. The van der Waals surface area contributed by atoms with Crippen LogP contribution in [0, 0.1) is 11.7 Å². The average Bonchev–Trinajstić information content (AvgIpc) is 2.33. The normalized spacial score (nSPS) is 20.0. The van der Waals surface area contributed by atoms with Crippen LogP contribution in [-0.4, -0.2) is 23.9 Å². The summed E-state index contributed by atoms with van der Waals surface area (Å²) in [7, 11) is 0. The number of likely N-dealkylation sites (tertiary alicyclic amines) is 1. The predicted octanol–water partition coefficient (Wildman–Crippen LogP) is 4.11. The molecule has 2 rings (SSSR count). The van der Waals surface area contributed by atoms with E-state index in [1.54, 1.807) is 4.90 Å². The van der Waals surface area contributed by atoms with Crippen molar-refractivity contribution in [2.24, 2.45) is 5.92 Å². The van der Waals surface area contributed by atoms with E-state index in [1.165, 1.54) is 12.1 Å². The zero-order chi connectivity index (χ0) is 13.3. The van der Waals surface area contributed by atoms with E-state index in [0.717, 1.165) is 19.4 Å². The van der Waals surface area contributed by atoms with Crippen LogP contribution in [0.25, 0.3) is 0 Å². The molecule has 0 saturated carbocycles. The van der Waals surface area contributed by atoms with Crippen LogP contribution in [0.15, 0.2) is 16.6 Å². The maximum atomic E-state index is 13.5. The number of piperidine rings is 1. The van der Waals surface area contributed by atoms with Crippen molar-refractivity contribution in [3.05, 3.63) is 33.0 Å². The fourth-order valence-corrected chi connectivity index (χ4v) is 2.95. The van der Waals surface area contributed by atoms with Crippen LogP contribution in [0.3, 0.4) is 0 Å². The van der Waals surface area contributed by atoms with Crippen LogP contribution < -0.4 is 0 Å². The highest BCUT2D eigenvalue weighted by atomic mass is 79.9. The average molecular weight is 335 g/mol. The lowest BCUT2D eigenvalue weighted by Crippen LogP contribution is -2.39. The number of amides is 1. The molecule has 1 fully saturated rings. The van der Waals surface area contributed by atoms with Gasteiger partial charge in [-0.25, -0.2) is 4.39 Å². The predicted molar refractivity (Wildman–Crippen MR) is 73.4 cm³/mol. The van der Waals surface area contributed by atoms with Crippen molar-refractivity contribution in [2.45, 2.75) is 19.8 Å². The summed E-state index contributed by atoms with van der Waals surface area (Å²) < 4.78 is 13.8. The third-order valence-electron chi connectivity index (χ3n) is 3.18. The van der Waals surface area contributed by atoms with E-state index < -0.39 is 5.82 Å². The van der Waals surface area contributed by atoms with Crippen molar-refractivity contribution in [2.75, 3.05) is 13.1 Å². The number of nitrogens with zero attached hydrogens (tertiary/aromatic N) is 1. The van der Waals surface area contributed by atoms with Gasteiger partial charge in [0.05, 0.1) is 15.1 Å². The molecule has 1 aromatic rings. The van der Waals surface area contributed by atoms with Crippen LogP contribution >= 0.6 is 27.5 Å². The number of benzene rings is 1. The summed E-state index contributed by atoms with van der Waals surface area (Å²) in [5.41, 5.74) is 0.242. The Morgan fingerprint density at radius 3 is 2.94 bits per heavy atom. The SMILES string of the molecule is CC1CCCN(C(=O)c2cc(F)c(Br)cc2Cl)C1. The molecule has 2 nitrogen and oxygen atoms in total.